The van der Waals surface area contributed by atoms with E-state index in [0.29, 0.717) is 5.92 Å². The van der Waals surface area contributed by atoms with Crippen LogP contribution >= 0.6 is 0 Å². The lowest BCUT2D eigenvalue weighted by Crippen LogP contribution is -2.33. The Morgan fingerprint density at radius 3 is 2.71 bits per heavy atom. The van der Waals surface area contributed by atoms with Crippen molar-refractivity contribution in [1.29, 1.82) is 0 Å². The Hall–Kier alpha value is -0.530. The summed E-state index contributed by atoms with van der Waals surface area (Å²) in [7, 11) is 0. The summed E-state index contributed by atoms with van der Waals surface area (Å²) in [5.41, 5.74) is -0.0351. The van der Waals surface area contributed by atoms with Crippen LogP contribution in [-0.4, -0.2) is 12.1 Å². The van der Waals surface area contributed by atoms with Crippen LogP contribution in [0.4, 0.5) is 0 Å². The number of esters is 1. The van der Waals surface area contributed by atoms with Crippen molar-refractivity contribution >= 4 is 5.97 Å². The normalized spacial score (nSPS) is 31.3. The molecule has 1 spiro atoms. The highest BCUT2D eigenvalue weighted by molar-refractivity contribution is 5.80. The standard InChI is InChI=1S/C12H20O2/c1-3-5-9(2)10-8-12(6-4-7-12)11(13)14-10/h9-10H,3-8H2,1-2H3. The van der Waals surface area contributed by atoms with Gasteiger partial charge in [0.1, 0.15) is 6.10 Å². The molecule has 2 heteroatoms. The van der Waals surface area contributed by atoms with E-state index in [0.717, 1.165) is 19.3 Å². The zero-order valence-electron chi connectivity index (χ0n) is 9.21. The van der Waals surface area contributed by atoms with Crippen LogP contribution in [0.3, 0.4) is 0 Å². The van der Waals surface area contributed by atoms with Crippen molar-refractivity contribution in [3.8, 4) is 0 Å². The summed E-state index contributed by atoms with van der Waals surface area (Å²) >= 11 is 0. The van der Waals surface area contributed by atoms with Gasteiger partial charge in [0.2, 0.25) is 0 Å². The van der Waals surface area contributed by atoms with Crippen LogP contribution < -0.4 is 0 Å². The quantitative estimate of drug-likeness (QED) is 0.649. The zero-order chi connectivity index (χ0) is 10.2. The van der Waals surface area contributed by atoms with Gasteiger partial charge < -0.3 is 4.74 Å². The maximum absolute atomic E-state index is 11.7. The van der Waals surface area contributed by atoms with E-state index >= 15 is 0 Å². The molecule has 0 aromatic rings. The molecular weight excluding hydrogens is 176 g/mol. The highest BCUT2D eigenvalue weighted by Gasteiger charge is 2.53. The number of cyclic esters (lactones) is 1. The Morgan fingerprint density at radius 1 is 1.57 bits per heavy atom. The Labute approximate surface area is 86.0 Å². The van der Waals surface area contributed by atoms with Gasteiger partial charge in [-0.05, 0) is 25.2 Å². The zero-order valence-corrected chi connectivity index (χ0v) is 9.21. The highest BCUT2D eigenvalue weighted by atomic mass is 16.6. The maximum atomic E-state index is 11.7. The molecule has 2 aliphatic rings. The number of hydrogen-bond acceptors (Lipinski definition) is 2. The first-order valence-electron chi connectivity index (χ1n) is 5.89. The molecule has 2 rings (SSSR count). The van der Waals surface area contributed by atoms with Crippen LogP contribution in [-0.2, 0) is 9.53 Å². The molecule has 2 nitrogen and oxygen atoms in total. The van der Waals surface area contributed by atoms with E-state index in [-0.39, 0.29) is 17.5 Å². The lowest BCUT2D eigenvalue weighted by molar-refractivity contribution is -0.153. The van der Waals surface area contributed by atoms with Gasteiger partial charge in [0.15, 0.2) is 0 Å². The molecule has 0 amide bonds. The van der Waals surface area contributed by atoms with Crippen molar-refractivity contribution in [1.82, 2.24) is 0 Å². The lowest BCUT2D eigenvalue weighted by Gasteiger charge is -2.33. The van der Waals surface area contributed by atoms with Gasteiger partial charge in [0.05, 0.1) is 5.41 Å². The number of hydrogen-bond donors (Lipinski definition) is 0. The molecule has 1 saturated heterocycles. The van der Waals surface area contributed by atoms with E-state index < -0.39 is 0 Å². The minimum absolute atomic E-state index is 0.0351. The second kappa shape index (κ2) is 3.56. The molecule has 0 N–H and O–H groups in total. The van der Waals surface area contributed by atoms with E-state index in [1.165, 1.54) is 19.3 Å². The van der Waals surface area contributed by atoms with Crippen LogP contribution in [0.25, 0.3) is 0 Å². The topological polar surface area (TPSA) is 26.3 Å². The molecule has 0 bridgehead atoms. The van der Waals surface area contributed by atoms with Crippen LogP contribution in [0.5, 0.6) is 0 Å². The first-order chi connectivity index (χ1) is 6.68. The fraction of sp³-hybridized carbons (Fsp3) is 0.917. The van der Waals surface area contributed by atoms with Crippen molar-refractivity contribution in [2.24, 2.45) is 11.3 Å². The molecule has 2 atom stereocenters. The smallest absolute Gasteiger partial charge is 0.312 e. The summed E-state index contributed by atoms with van der Waals surface area (Å²) in [6.07, 6.45) is 6.91. The first-order valence-corrected chi connectivity index (χ1v) is 5.89. The van der Waals surface area contributed by atoms with Gasteiger partial charge in [0, 0.05) is 6.42 Å². The third-order valence-corrected chi connectivity index (χ3v) is 3.97. The Morgan fingerprint density at radius 2 is 2.29 bits per heavy atom. The third-order valence-electron chi connectivity index (χ3n) is 3.97. The fourth-order valence-electron chi connectivity index (χ4n) is 2.74. The molecule has 0 radical (unpaired) electrons. The van der Waals surface area contributed by atoms with Gasteiger partial charge in [-0.3, -0.25) is 4.79 Å². The van der Waals surface area contributed by atoms with Crippen molar-refractivity contribution in [2.45, 2.75) is 58.5 Å². The second-order valence-electron chi connectivity index (χ2n) is 5.05. The minimum Gasteiger partial charge on any atom is -0.462 e. The van der Waals surface area contributed by atoms with Crippen LogP contribution in [0, 0.1) is 11.3 Å². The third kappa shape index (κ3) is 1.45. The Kier molecular flexibility index (Phi) is 2.54. The molecule has 1 saturated carbocycles. The van der Waals surface area contributed by atoms with Crippen LogP contribution in [0.2, 0.25) is 0 Å². The summed E-state index contributed by atoms with van der Waals surface area (Å²) in [4.78, 5) is 11.7. The monoisotopic (exact) mass is 196 g/mol. The van der Waals surface area contributed by atoms with E-state index in [4.69, 9.17) is 4.74 Å². The molecule has 2 fully saturated rings. The Bertz CT molecular complexity index is 230. The molecule has 1 aliphatic heterocycles. The minimum atomic E-state index is -0.0351. The summed E-state index contributed by atoms with van der Waals surface area (Å²) in [5.74, 6) is 0.639. The van der Waals surface area contributed by atoms with Crippen molar-refractivity contribution in [2.75, 3.05) is 0 Å². The first kappa shape index (κ1) is 10.0. The van der Waals surface area contributed by atoms with Gasteiger partial charge in [-0.15, -0.1) is 0 Å². The summed E-state index contributed by atoms with van der Waals surface area (Å²) in [5, 5.41) is 0. The van der Waals surface area contributed by atoms with Gasteiger partial charge in [0.25, 0.3) is 0 Å². The van der Waals surface area contributed by atoms with E-state index in [2.05, 4.69) is 13.8 Å². The molecule has 1 heterocycles. The van der Waals surface area contributed by atoms with E-state index in [1.54, 1.807) is 0 Å². The van der Waals surface area contributed by atoms with Crippen LogP contribution in [0.15, 0.2) is 0 Å². The second-order valence-corrected chi connectivity index (χ2v) is 5.05. The highest BCUT2D eigenvalue weighted by Crippen LogP contribution is 2.51. The molecule has 1 aliphatic carbocycles. The number of carbonyl (C=O) groups excluding carboxylic acids is 1. The van der Waals surface area contributed by atoms with E-state index in [9.17, 15) is 4.79 Å². The summed E-state index contributed by atoms with van der Waals surface area (Å²) in [6, 6.07) is 0. The SMILES string of the molecule is CCCC(C)C1CC2(CCC2)C(=O)O1. The van der Waals surface area contributed by atoms with Crippen molar-refractivity contribution in [3.63, 3.8) is 0 Å². The Balaban J connectivity index is 1.95. The van der Waals surface area contributed by atoms with Crippen molar-refractivity contribution in [3.05, 3.63) is 0 Å². The maximum Gasteiger partial charge on any atom is 0.312 e. The fourth-order valence-corrected chi connectivity index (χ4v) is 2.74. The largest absolute Gasteiger partial charge is 0.462 e. The average Bonchev–Trinajstić information content (AvgIpc) is 2.43. The summed E-state index contributed by atoms with van der Waals surface area (Å²) < 4.78 is 5.49. The molecule has 0 aromatic heterocycles. The van der Waals surface area contributed by atoms with Crippen molar-refractivity contribution < 1.29 is 9.53 Å². The predicted octanol–water partition coefficient (Wildman–Crippen LogP) is 2.91. The number of ether oxygens (including phenoxy) is 1. The number of rotatable bonds is 3. The molecule has 14 heavy (non-hydrogen) atoms. The molecule has 2 unspecified atom stereocenters. The lowest BCUT2D eigenvalue weighted by atomic mass is 9.66. The van der Waals surface area contributed by atoms with Crippen LogP contribution in [0.1, 0.15) is 52.4 Å². The van der Waals surface area contributed by atoms with Gasteiger partial charge in [-0.1, -0.05) is 26.7 Å². The summed E-state index contributed by atoms with van der Waals surface area (Å²) in [6.45, 7) is 4.39. The predicted molar refractivity (Wildman–Crippen MR) is 54.9 cm³/mol. The average molecular weight is 196 g/mol. The molecule has 80 valence electrons. The van der Waals surface area contributed by atoms with E-state index in [1.807, 2.05) is 0 Å². The van der Waals surface area contributed by atoms with Gasteiger partial charge in [-0.25, -0.2) is 0 Å². The molecule has 0 aromatic carbocycles. The molecular formula is C12H20O2. The van der Waals surface area contributed by atoms with Gasteiger partial charge >= 0.3 is 5.97 Å². The number of carbonyl (C=O) groups is 1. The van der Waals surface area contributed by atoms with Gasteiger partial charge in [-0.2, -0.15) is 0 Å².